The molecule has 28 heavy (non-hydrogen) atoms. The lowest BCUT2D eigenvalue weighted by Crippen LogP contribution is -2.40. The average molecular weight is 482 g/mol. The van der Waals surface area contributed by atoms with Crippen LogP contribution in [0.25, 0.3) is 0 Å². The number of carbonyl (C=O) groups excluding carboxylic acids is 1. The Kier molecular flexibility index (Phi) is 6.50. The van der Waals surface area contributed by atoms with Crippen molar-refractivity contribution in [3.05, 3.63) is 43.5 Å². The van der Waals surface area contributed by atoms with Crippen LogP contribution < -0.4 is 5.32 Å². The third-order valence-electron chi connectivity index (χ3n) is 3.99. The predicted octanol–water partition coefficient (Wildman–Crippen LogP) is 3.82. The van der Waals surface area contributed by atoms with Crippen LogP contribution in [0, 0.1) is 10.1 Å². The SMILES string of the molecule is O=C(NC1CCS(=O)(=O)CC1)c1cc([N+](=O)[O-])c(Sc2c(Cl)cncc2Cl)s1. The van der Waals surface area contributed by atoms with Gasteiger partial charge in [0.1, 0.15) is 18.9 Å². The highest BCUT2D eigenvalue weighted by atomic mass is 35.5. The molecule has 13 heteroatoms. The molecule has 0 bridgehead atoms. The Labute approximate surface area is 178 Å². The number of nitro groups is 1. The molecule has 3 heterocycles. The Balaban J connectivity index is 1.80. The third kappa shape index (κ3) is 4.95. The smallest absolute Gasteiger partial charge is 0.294 e. The zero-order chi connectivity index (χ0) is 20.5. The molecule has 1 fully saturated rings. The van der Waals surface area contributed by atoms with Crippen molar-refractivity contribution < 1.29 is 18.1 Å². The first-order chi connectivity index (χ1) is 13.2. The number of amides is 1. The maximum atomic E-state index is 12.5. The fourth-order valence-electron chi connectivity index (χ4n) is 2.56. The lowest BCUT2D eigenvalue weighted by molar-refractivity contribution is -0.387. The zero-order valence-electron chi connectivity index (χ0n) is 14.1. The fraction of sp³-hybridized carbons (Fsp3) is 0.333. The Hall–Kier alpha value is -1.40. The van der Waals surface area contributed by atoms with E-state index in [1.54, 1.807) is 0 Å². The molecule has 0 atom stereocenters. The van der Waals surface area contributed by atoms with Crippen LogP contribution in [0.5, 0.6) is 0 Å². The molecule has 1 aliphatic rings. The van der Waals surface area contributed by atoms with Gasteiger partial charge in [0.05, 0.1) is 31.4 Å². The zero-order valence-corrected chi connectivity index (χ0v) is 18.0. The Bertz CT molecular complexity index is 1010. The van der Waals surface area contributed by atoms with Crippen molar-refractivity contribution >= 4 is 67.7 Å². The molecule has 150 valence electrons. The van der Waals surface area contributed by atoms with E-state index in [0.29, 0.717) is 17.7 Å². The monoisotopic (exact) mass is 481 g/mol. The average Bonchev–Trinajstić information content (AvgIpc) is 3.04. The predicted molar refractivity (Wildman–Crippen MR) is 108 cm³/mol. The molecule has 1 saturated heterocycles. The van der Waals surface area contributed by atoms with Crippen molar-refractivity contribution in [2.75, 3.05) is 11.5 Å². The summed E-state index contributed by atoms with van der Waals surface area (Å²) in [5.74, 6) is -0.443. The molecule has 1 aliphatic heterocycles. The molecule has 2 aromatic heterocycles. The Morgan fingerprint density at radius 3 is 2.46 bits per heavy atom. The van der Waals surface area contributed by atoms with Crippen LogP contribution in [0.15, 0.2) is 27.6 Å². The lowest BCUT2D eigenvalue weighted by Gasteiger charge is -2.22. The summed E-state index contributed by atoms with van der Waals surface area (Å²) in [6.07, 6.45) is 3.40. The van der Waals surface area contributed by atoms with Gasteiger partial charge in [-0.15, -0.1) is 11.3 Å². The van der Waals surface area contributed by atoms with Gasteiger partial charge < -0.3 is 5.32 Å². The Morgan fingerprint density at radius 2 is 1.89 bits per heavy atom. The van der Waals surface area contributed by atoms with E-state index < -0.39 is 20.7 Å². The minimum Gasteiger partial charge on any atom is -0.349 e. The molecule has 1 amide bonds. The van der Waals surface area contributed by atoms with E-state index in [1.807, 2.05) is 0 Å². The number of nitrogens with zero attached hydrogens (tertiary/aromatic N) is 2. The summed E-state index contributed by atoms with van der Waals surface area (Å²) in [5, 5.41) is 14.6. The van der Waals surface area contributed by atoms with Gasteiger partial charge in [0, 0.05) is 24.5 Å². The molecular weight excluding hydrogens is 469 g/mol. The quantitative estimate of drug-likeness (QED) is 0.508. The van der Waals surface area contributed by atoms with Crippen molar-refractivity contribution in [3.63, 3.8) is 0 Å². The number of hydrogen-bond acceptors (Lipinski definition) is 8. The first kappa shape index (κ1) is 21.3. The van der Waals surface area contributed by atoms with Gasteiger partial charge in [-0.1, -0.05) is 35.0 Å². The molecule has 3 rings (SSSR count). The number of sulfone groups is 1. The number of halogens is 2. The summed E-state index contributed by atoms with van der Waals surface area (Å²) in [5.41, 5.74) is -0.227. The van der Waals surface area contributed by atoms with E-state index in [0.717, 1.165) is 23.1 Å². The van der Waals surface area contributed by atoms with Crippen molar-refractivity contribution in [1.82, 2.24) is 10.3 Å². The summed E-state index contributed by atoms with van der Waals surface area (Å²) in [7, 11) is -3.04. The summed E-state index contributed by atoms with van der Waals surface area (Å²) >= 11 is 14.1. The molecule has 0 unspecified atom stereocenters. The van der Waals surface area contributed by atoms with E-state index in [1.165, 1.54) is 18.5 Å². The van der Waals surface area contributed by atoms with Crippen molar-refractivity contribution in [1.29, 1.82) is 0 Å². The number of carbonyl (C=O) groups is 1. The number of rotatable bonds is 5. The largest absolute Gasteiger partial charge is 0.349 e. The second-order valence-electron chi connectivity index (χ2n) is 5.97. The number of hydrogen-bond donors (Lipinski definition) is 1. The molecule has 2 aromatic rings. The second-order valence-corrected chi connectivity index (χ2v) is 11.4. The van der Waals surface area contributed by atoms with Crippen molar-refractivity contribution in [2.45, 2.75) is 28.0 Å². The van der Waals surface area contributed by atoms with E-state index in [-0.39, 0.29) is 42.4 Å². The molecule has 0 aromatic carbocycles. The minimum absolute atomic E-state index is 0.0165. The molecular formula is C15H13Cl2N3O5S3. The lowest BCUT2D eigenvalue weighted by atomic mass is 10.1. The Morgan fingerprint density at radius 1 is 1.29 bits per heavy atom. The van der Waals surface area contributed by atoms with Gasteiger partial charge in [0.2, 0.25) is 0 Å². The topological polar surface area (TPSA) is 119 Å². The van der Waals surface area contributed by atoms with E-state index in [9.17, 15) is 23.3 Å². The van der Waals surface area contributed by atoms with Crippen LogP contribution in [0.1, 0.15) is 22.5 Å². The highest BCUT2D eigenvalue weighted by molar-refractivity contribution is 8.01. The van der Waals surface area contributed by atoms with E-state index >= 15 is 0 Å². The van der Waals surface area contributed by atoms with Gasteiger partial charge in [0.15, 0.2) is 0 Å². The van der Waals surface area contributed by atoms with Gasteiger partial charge in [-0.2, -0.15) is 0 Å². The van der Waals surface area contributed by atoms with Crippen LogP contribution in [0.2, 0.25) is 10.0 Å². The molecule has 0 radical (unpaired) electrons. The van der Waals surface area contributed by atoms with Crippen molar-refractivity contribution in [2.24, 2.45) is 0 Å². The van der Waals surface area contributed by atoms with Crippen LogP contribution in [0.3, 0.4) is 0 Å². The van der Waals surface area contributed by atoms with Gasteiger partial charge in [0.25, 0.3) is 11.6 Å². The molecule has 8 nitrogen and oxygen atoms in total. The summed E-state index contributed by atoms with van der Waals surface area (Å²) in [6, 6.07) is 0.919. The maximum absolute atomic E-state index is 12.5. The second kappa shape index (κ2) is 8.54. The normalized spacial score (nSPS) is 16.6. The van der Waals surface area contributed by atoms with Crippen LogP contribution in [-0.2, 0) is 9.84 Å². The number of nitrogens with one attached hydrogen (secondary N) is 1. The maximum Gasteiger partial charge on any atom is 0.294 e. The minimum atomic E-state index is -3.04. The van der Waals surface area contributed by atoms with Crippen LogP contribution in [-0.4, -0.2) is 41.8 Å². The number of aromatic nitrogens is 1. The highest BCUT2D eigenvalue weighted by Gasteiger charge is 2.28. The summed E-state index contributed by atoms with van der Waals surface area (Å²) in [4.78, 5) is 27.7. The molecule has 1 N–H and O–H groups in total. The number of pyridine rings is 1. The van der Waals surface area contributed by atoms with Gasteiger partial charge in [-0.05, 0) is 12.8 Å². The van der Waals surface area contributed by atoms with E-state index in [2.05, 4.69) is 10.3 Å². The number of thiophene rings is 1. The highest BCUT2D eigenvalue weighted by Crippen LogP contribution is 2.45. The van der Waals surface area contributed by atoms with Gasteiger partial charge in [-0.3, -0.25) is 19.9 Å². The van der Waals surface area contributed by atoms with Gasteiger partial charge >= 0.3 is 0 Å². The standard InChI is InChI=1S/C15H13Cl2N3O5S3/c16-9-6-18-7-10(17)13(9)27-15-11(20(22)23)5-12(26-15)14(21)19-8-1-3-28(24,25)4-2-8/h5-8H,1-4H2,(H,19,21). The summed E-state index contributed by atoms with van der Waals surface area (Å²) in [6.45, 7) is 0. The first-order valence-corrected chi connectivity index (χ1v) is 12.1. The first-order valence-electron chi connectivity index (χ1n) is 7.92. The molecule has 0 aliphatic carbocycles. The summed E-state index contributed by atoms with van der Waals surface area (Å²) < 4.78 is 23.2. The molecule has 0 saturated carbocycles. The van der Waals surface area contributed by atoms with Crippen LogP contribution in [0.4, 0.5) is 5.69 Å². The van der Waals surface area contributed by atoms with E-state index in [4.69, 9.17) is 23.2 Å². The van der Waals surface area contributed by atoms with Gasteiger partial charge in [-0.25, -0.2) is 8.42 Å². The van der Waals surface area contributed by atoms with Crippen LogP contribution >= 0.6 is 46.3 Å². The molecule has 0 spiro atoms. The fourth-order valence-corrected chi connectivity index (χ4v) is 6.81. The van der Waals surface area contributed by atoms with Crippen molar-refractivity contribution in [3.8, 4) is 0 Å². The third-order valence-corrected chi connectivity index (χ3v) is 8.96.